The second kappa shape index (κ2) is 5.62. The predicted molar refractivity (Wildman–Crippen MR) is 79.4 cm³/mol. The molecule has 0 radical (unpaired) electrons. The van der Waals surface area contributed by atoms with Crippen LogP contribution < -0.4 is 5.32 Å². The van der Waals surface area contributed by atoms with Crippen molar-refractivity contribution in [3.8, 4) is 0 Å². The first-order chi connectivity index (χ1) is 8.99. The van der Waals surface area contributed by atoms with E-state index in [-0.39, 0.29) is 5.02 Å². The summed E-state index contributed by atoms with van der Waals surface area (Å²) in [6.45, 7) is 6.45. The number of carboxylic acids is 1. The molecule has 6 heteroatoms. The zero-order valence-electron chi connectivity index (χ0n) is 11.8. The van der Waals surface area contributed by atoms with Crippen molar-refractivity contribution in [2.45, 2.75) is 33.2 Å². The van der Waals surface area contributed by atoms with Crippen LogP contribution in [-0.4, -0.2) is 22.5 Å². The Morgan fingerprint density at radius 3 is 2.10 bits per heavy atom. The molecule has 0 spiro atoms. The SMILES string of the molecule is CC(C)(NC(=O)c1ccc(Cl)c(Cl)c1)C(C)(C)C(=O)O. The first kappa shape index (κ1) is 16.8. The minimum Gasteiger partial charge on any atom is -0.481 e. The molecule has 2 N–H and O–H groups in total. The van der Waals surface area contributed by atoms with Crippen molar-refractivity contribution in [2.24, 2.45) is 5.41 Å². The van der Waals surface area contributed by atoms with E-state index in [1.807, 2.05) is 0 Å². The second-order valence-corrected chi connectivity index (χ2v) is 6.45. The molecule has 0 aliphatic heterocycles. The first-order valence-corrected chi connectivity index (χ1v) is 6.75. The molecule has 1 aromatic carbocycles. The summed E-state index contributed by atoms with van der Waals surface area (Å²) < 4.78 is 0. The van der Waals surface area contributed by atoms with Crippen LogP contribution in [0.3, 0.4) is 0 Å². The molecule has 0 heterocycles. The van der Waals surface area contributed by atoms with Crippen LogP contribution in [0.1, 0.15) is 38.1 Å². The lowest BCUT2D eigenvalue weighted by atomic mass is 9.74. The first-order valence-electron chi connectivity index (χ1n) is 6.00. The smallest absolute Gasteiger partial charge is 0.311 e. The highest BCUT2D eigenvalue weighted by atomic mass is 35.5. The van der Waals surface area contributed by atoms with Crippen molar-refractivity contribution in [1.29, 1.82) is 0 Å². The van der Waals surface area contributed by atoms with Gasteiger partial charge in [0.2, 0.25) is 0 Å². The molecule has 0 atom stereocenters. The summed E-state index contributed by atoms with van der Waals surface area (Å²) >= 11 is 11.7. The van der Waals surface area contributed by atoms with Gasteiger partial charge in [-0.3, -0.25) is 9.59 Å². The topological polar surface area (TPSA) is 66.4 Å². The fourth-order valence-corrected chi connectivity index (χ4v) is 1.72. The third-order valence-corrected chi connectivity index (χ3v) is 4.44. The highest BCUT2D eigenvalue weighted by molar-refractivity contribution is 6.42. The maximum absolute atomic E-state index is 12.2. The van der Waals surface area contributed by atoms with E-state index in [9.17, 15) is 14.7 Å². The lowest BCUT2D eigenvalue weighted by Gasteiger charge is -2.38. The van der Waals surface area contributed by atoms with E-state index in [4.69, 9.17) is 23.2 Å². The standard InChI is InChI=1S/C14H17Cl2NO3/c1-13(2,12(19)20)14(3,4)17-11(18)8-5-6-9(15)10(16)7-8/h5-7H,1-4H3,(H,17,18)(H,19,20). The van der Waals surface area contributed by atoms with Crippen LogP contribution in [0.5, 0.6) is 0 Å². The van der Waals surface area contributed by atoms with Crippen LogP contribution in [0.25, 0.3) is 0 Å². The van der Waals surface area contributed by atoms with E-state index in [1.165, 1.54) is 18.2 Å². The van der Waals surface area contributed by atoms with E-state index in [0.717, 1.165) is 0 Å². The normalized spacial score (nSPS) is 12.1. The zero-order chi connectivity index (χ0) is 15.7. The van der Waals surface area contributed by atoms with Gasteiger partial charge in [0.05, 0.1) is 21.0 Å². The van der Waals surface area contributed by atoms with Crippen LogP contribution in [0.4, 0.5) is 0 Å². The second-order valence-electron chi connectivity index (χ2n) is 5.64. The number of carboxylic acid groups (broad SMARTS) is 1. The van der Waals surface area contributed by atoms with E-state index in [1.54, 1.807) is 27.7 Å². The summed E-state index contributed by atoms with van der Waals surface area (Å²) in [6.07, 6.45) is 0. The van der Waals surface area contributed by atoms with Crippen LogP contribution in [0.2, 0.25) is 10.0 Å². The Labute approximate surface area is 128 Å². The molecule has 0 aromatic heterocycles. The molecule has 20 heavy (non-hydrogen) atoms. The van der Waals surface area contributed by atoms with Crippen LogP contribution >= 0.6 is 23.2 Å². The zero-order valence-corrected chi connectivity index (χ0v) is 13.3. The van der Waals surface area contributed by atoms with Gasteiger partial charge in [0.15, 0.2) is 0 Å². The average Bonchev–Trinajstić information content (AvgIpc) is 2.31. The van der Waals surface area contributed by atoms with Gasteiger partial charge in [0, 0.05) is 5.56 Å². The van der Waals surface area contributed by atoms with Crippen molar-refractivity contribution in [3.05, 3.63) is 33.8 Å². The molecule has 4 nitrogen and oxygen atoms in total. The molecule has 1 amide bonds. The van der Waals surface area contributed by atoms with Gasteiger partial charge >= 0.3 is 5.97 Å². The van der Waals surface area contributed by atoms with Crippen molar-refractivity contribution in [3.63, 3.8) is 0 Å². The molecule has 0 saturated carbocycles. The number of aliphatic carboxylic acids is 1. The molecule has 0 unspecified atom stereocenters. The number of benzene rings is 1. The molecular weight excluding hydrogens is 301 g/mol. The van der Waals surface area contributed by atoms with E-state index >= 15 is 0 Å². The third kappa shape index (κ3) is 3.25. The molecule has 0 bridgehead atoms. The largest absolute Gasteiger partial charge is 0.481 e. The number of hydrogen-bond acceptors (Lipinski definition) is 2. The number of halogens is 2. The third-order valence-electron chi connectivity index (χ3n) is 3.70. The van der Waals surface area contributed by atoms with Gasteiger partial charge in [-0.15, -0.1) is 0 Å². The summed E-state index contributed by atoms with van der Waals surface area (Å²) in [7, 11) is 0. The Kier molecular flexibility index (Phi) is 4.72. The van der Waals surface area contributed by atoms with Crippen molar-refractivity contribution in [1.82, 2.24) is 5.32 Å². The van der Waals surface area contributed by atoms with Gasteiger partial charge < -0.3 is 10.4 Å². The van der Waals surface area contributed by atoms with Gasteiger partial charge in [-0.2, -0.15) is 0 Å². The predicted octanol–water partition coefficient (Wildman–Crippen LogP) is 3.61. The Balaban J connectivity index is 3.00. The minimum atomic E-state index is -1.13. The number of hydrogen-bond donors (Lipinski definition) is 2. The highest BCUT2D eigenvalue weighted by Gasteiger charge is 2.44. The summed E-state index contributed by atoms with van der Waals surface area (Å²) in [5.74, 6) is -1.39. The Morgan fingerprint density at radius 1 is 1.10 bits per heavy atom. The summed E-state index contributed by atoms with van der Waals surface area (Å²) in [6, 6.07) is 4.50. The summed E-state index contributed by atoms with van der Waals surface area (Å²) in [5, 5.41) is 12.6. The molecule has 110 valence electrons. The van der Waals surface area contributed by atoms with Crippen LogP contribution in [-0.2, 0) is 4.79 Å². The van der Waals surface area contributed by atoms with Crippen molar-refractivity contribution < 1.29 is 14.7 Å². The lowest BCUT2D eigenvalue weighted by Crippen LogP contribution is -2.56. The number of rotatable bonds is 4. The monoisotopic (exact) mass is 317 g/mol. The van der Waals surface area contributed by atoms with E-state index < -0.39 is 22.8 Å². The number of carbonyl (C=O) groups excluding carboxylic acids is 1. The summed E-state index contributed by atoms with van der Waals surface area (Å²) in [5.41, 5.74) is -1.74. The van der Waals surface area contributed by atoms with Crippen molar-refractivity contribution >= 4 is 35.1 Å². The number of amides is 1. The van der Waals surface area contributed by atoms with Gasteiger partial charge in [-0.05, 0) is 45.9 Å². The molecule has 0 fully saturated rings. The maximum atomic E-state index is 12.2. The Morgan fingerprint density at radius 2 is 1.65 bits per heavy atom. The fraction of sp³-hybridized carbons (Fsp3) is 0.429. The Bertz CT molecular complexity index is 553. The lowest BCUT2D eigenvalue weighted by molar-refractivity contribution is -0.150. The number of nitrogens with one attached hydrogen (secondary N) is 1. The van der Waals surface area contributed by atoms with E-state index in [2.05, 4.69) is 5.32 Å². The van der Waals surface area contributed by atoms with Crippen molar-refractivity contribution in [2.75, 3.05) is 0 Å². The van der Waals surface area contributed by atoms with Gasteiger partial charge in [-0.1, -0.05) is 23.2 Å². The van der Waals surface area contributed by atoms with Crippen LogP contribution in [0.15, 0.2) is 18.2 Å². The molecule has 1 rings (SSSR count). The molecule has 0 saturated heterocycles. The van der Waals surface area contributed by atoms with Gasteiger partial charge in [-0.25, -0.2) is 0 Å². The van der Waals surface area contributed by atoms with Crippen LogP contribution in [0, 0.1) is 5.41 Å². The highest BCUT2D eigenvalue weighted by Crippen LogP contribution is 2.31. The number of carbonyl (C=O) groups is 2. The quantitative estimate of drug-likeness (QED) is 0.891. The maximum Gasteiger partial charge on any atom is 0.311 e. The van der Waals surface area contributed by atoms with Gasteiger partial charge in [0.25, 0.3) is 5.91 Å². The van der Waals surface area contributed by atoms with E-state index in [0.29, 0.717) is 10.6 Å². The Hall–Kier alpha value is -1.26. The summed E-state index contributed by atoms with van der Waals surface area (Å²) in [4.78, 5) is 23.5. The molecule has 0 aliphatic rings. The molecular formula is C14H17Cl2NO3. The molecule has 0 aliphatic carbocycles. The van der Waals surface area contributed by atoms with Gasteiger partial charge in [0.1, 0.15) is 0 Å². The minimum absolute atomic E-state index is 0.273. The fourth-order valence-electron chi connectivity index (χ4n) is 1.42. The average molecular weight is 318 g/mol. The molecule has 1 aromatic rings.